The van der Waals surface area contributed by atoms with Gasteiger partial charge in [0.25, 0.3) is 5.91 Å². The number of benzene rings is 1. The smallest absolute Gasteiger partial charge is 0.251 e. The maximum absolute atomic E-state index is 12.0. The van der Waals surface area contributed by atoms with Gasteiger partial charge in [-0.25, -0.2) is 0 Å². The number of carbonyl (C=O) groups is 1. The lowest BCUT2D eigenvalue weighted by molar-refractivity contribution is -0.0689. The van der Waals surface area contributed by atoms with Crippen LogP contribution in [-0.2, 0) is 0 Å². The van der Waals surface area contributed by atoms with Crippen molar-refractivity contribution in [2.24, 2.45) is 5.41 Å². The first-order valence-electron chi connectivity index (χ1n) is 6.08. The number of methoxy groups -OCH3 is 1. The molecule has 18 heavy (non-hydrogen) atoms. The van der Waals surface area contributed by atoms with Gasteiger partial charge in [0.05, 0.1) is 13.2 Å². The minimum Gasteiger partial charge on any atom is -0.497 e. The van der Waals surface area contributed by atoms with Crippen LogP contribution < -0.4 is 10.1 Å². The highest BCUT2D eigenvalue weighted by Gasteiger charge is 2.47. The van der Waals surface area contributed by atoms with Gasteiger partial charge < -0.3 is 15.2 Å². The molecule has 0 heterocycles. The Morgan fingerprint density at radius 3 is 2.44 bits per heavy atom. The van der Waals surface area contributed by atoms with Gasteiger partial charge in [0, 0.05) is 17.0 Å². The van der Waals surface area contributed by atoms with Gasteiger partial charge in [0.1, 0.15) is 5.75 Å². The van der Waals surface area contributed by atoms with Gasteiger partial charge in [0.2, 0.25) is 0 Å². The second-order valence-electron chi connectivity index (χ2n) is 5.33. The summed E-state index contributed by atoms with van der Waals surface area (Å²) < 4.78 is 5.04. The van der Waals surface area contributed by atoms with E-state index < -0.39 is 0 Å². The van der Waals surface area contributed by atoms with Crippen LogP contribution in [0.1, 0.15) is 30.6 Å². The molecule has 0 radical (unpaired) electrons. The first-order chi connectivity index (χ1) is 8.45. The molecule has 1 fully saturated rings. The van der Waals surface area contributed by atoms with E-state index in [4.69, 9.17) is 4.74 Å². The normalized spacial score (nSPS) is 25.1. The molecule has 0 aliphatic heterocycles. The number of hydrogen-bond acceptors (Lipinski definition) is 3. The van der Waals surface area contributed by atoms with Crippen LogP contribution in [-0.4, -0.2) is 30.3 Å². The summed E-state index contributed by atoms with van der Waals surface area (Å²) in [6, 6.07) is 7.01. The molecule has 1 aliphatic carbocycles. The van der Waals surface area contributed by atoms with Gasteiger partial charge in [-0.3, -0.25) is 4.79 Å². The molecular formula is C14H19NO3. The lowest BCUT2D eigenvalue weighted by Gasteiger charge is -2.49. The third kappa shape index (κ3) is 2.20. The Kier molecular flexibility index (Phi) is 3.30. The largest absolute Gasteiger partial charge is 0.497 e. The Bertz CT molecular complexity index is 439. The van der Waals surface area contributed by atoms with Crippen LogP contribution in [0.5, 0.6) is 5.75 Å². The second-order valence-corrected chi connectivity index (χ2v) is 5.33. The molecule has 1 amide bonds. The zero-order valence-electron chi connectivity index (χ0n) is 10.9. The first kappa shape index (κ1) is 12.9. The quantitative estimate of drug-likeness (QED) is 0.855. The van der Waals surface area contributed by atoms with E-state index in [0.717, 1.165) is 5.75 Å². The first-order valence-corrected chi connectivity index (χ1v) is 6.08. The van der Waals surface area contributed by atoms with Crippen molar-refractivity contribution in [3.05, 3.63) is 29.8 Å². The van der Waals surface area contributed by atoms with Gasteiger partial charge in [0.15, 0.2) is 0 Å². The van der Waals surface area contributed by atoms with Crippen molar-refractivity contribution in [3.63, 3.8) is 0 Å². The Morgan fingerprint density at radius 2 is 2.00 bits per heavy atom. The van der Waals surface area contributed by atoms with Crippen LogP contribution in [0.2, 0.25) is 0 Å². The molecule has 2 unspecified atom stereocenters. The molecule has 0 bridgehead atoms. The topological polar surface area (TPSA) is 58.6 Å². The van der Waals surface area contributed by atoms with Crippen molar-refractivity contribution in [1.82, 2.24) is 5.32 Å². The highest BCUT2D eigenvalue weighted by atomic mass is 16.5. The Balaban J connectivity index is 2.00. The lowest BCUT2D eigenvalue weighted by Crippen LogP contribution is -2.61. The van der Waals surface area contributed by atoms with Crippen molar-refractivity contribution < 1.29 is 14.6 Å². The maximum Gasteiger partial charge on any atom is 0.251 e. The van der Waals surface area contributed by atoms with Crippen molar-refractivity contribution in [1.29, 1.82) is 0 Å². The third-order valence-corrected chi connectivity index (χ3v) is 3.87. The van der Waals surface area contributed by atoms with Crippen LogP contribution >= 0.6 is 0 Å². The summed E-state index contributed by atoms with van der Waals surface area (Å²) in [6.07, 6.45) is 0.285. The monoisotopic (exact) mass is 249 g/mol. The predicted molar refractivity (Wildman–Crippen MR) is 68.7 cm³/mol. The number of amides is 1. The summed E-state index contributed by atoms with van der Waals surface area (Å²) in [7, 11) is 1.59. The maximum atomic E-state index is 12.0. The van der Waals surface area contributed by atoms with E-state index in [1.807, 2.05) is 13.8 Å². The highest BCUT2D eigenvalue weighted by molar-refractivity contribution is 5.94. The fraction of sp³-hybridized carbons (Fsp3) is 0.500. The molecule has 2 rings (SSSR count). The van der Waals surface area contributed by atoms with E-state index in [9.17, 15) is 9.90 Å². The van der Waals surface area contributed by atoms with E-state index in [1.165, 1.54) is 0 Å². The summed E-state index contributed by atoms with van der Waals surface area (Å²) in [5.41, 5.74) is 0.357. The molecule has 0 spiro atoms. The van der Waals surface area contributed by atoms with E-state index in [0.29, 0.717) is 12.0 Å². The predicted octanol–water partition coefficient (Wildman–Crippen LogP) is 1.58. The zero-order chi connectivity index (χ0) is 13.3. The highest BCUT2D eigenvalue weighted by Crippen LogP contribution is 2.40. The second kappa shape index (κ2) is 4.61. The number of aliphatic hydroxyl groups excluding tert-OH is 1. The molecule has 1 saturated carbocycles. The number of carbonyl (C=O) groups excluding carboxylic acids is 1. The molecular weight excluding hydrogens is 230 g/mol. The summed E-state index contributed by atoms with van der Waals surface area (Å²) in [5.74, 6) is 0.619. The van der Waals surface area contributed by atoms with E-state index >= 15 is 0 Å². The van der Waals surface area contributed by atoms with Gasteiger partial charge in [-0.2, -0.15) is 0 Å². The Morgan fingerprint density at radius 1 is 1.39 bits per heavy atom. The van der Waals surface area contributed by atoms with Crippen LogP contribution in [0, 0.1) is 5.41 Å². The molecule has 2 atom stereocenters. The number of rotatable bonds is 3. The molecule has 4 nitrogen and oxygen atoms in total. The van der Waals surface area contributed by atoms with Crippen LogP contribution in [0.25, 0.3) is 0 Å². The number of ether oxygens (including phenoxy) is 1. The minimum absolute atomic E-state index is 0.0297. The molecule has 1 aromatic carbocycles. The molecule has 1 aliphatic rings. The molecule has 0 saturated heterocycles. The van der Waals surface area contributed by atoms with E-state index in [-0.39, 0.29) is 23.5 Å². The summed E-state index contributed by atoms with van der Waals surface area (Å²) >= 11 is 0. The minimum atomic E-state index is -0.335. The molecule has 0 aromatic heterocycles. The number of nitrogens with one attached hydrogen (secondary N) is 1. The SMILES string of the molecule is COc1ccc(C(=O)NC2CC(O)C2(C)C)cc1. The summed E-state index contributed by atoms with van der Waals surface area (Å²) in [4.78, 5) is 12.0. The van der Waals surface area contributed by atoms with Gasteiger partial charge in [-0.05, 0) is 30.7 Å². The molecule has 98 valence electrons. The van der Waals surface area contributed by atoms with Crippen LogP contribution in [0.15, 0.2) is 24.3 Å². The van der Waals surface area contributed by atoms with Gasteiger partial charge in [-0.15, -0.1) is 0 Å². The lowest BCUT2D eigenvalue weighted by atomic mass is 9.64. The van der Waals surface area contributed by atoms with Gasteiger partial charge >= 0.3 is 0 Å². The average molecular weight is 249 g/mol. The van der Waals surface area contributed by atoms with E-state index in [1.54, 1.807) is 31.4 Å². The third-order valence-electron chi connectivity index (χ3n) is 3.87. The molecule has 4 heteroatoms. The van der Waals surface area contributed by atoms with Crippen LogP contribution in [0.3, 0.4) is 0 Å². The van der Waals surface area contributed by atoms with Crippen molar-refractivity contribution in [2.45, 2.75) is 32.4 Å². The summed E-state index contributed by atoms with van der Waals surface area (Å²) in [5, 5.41) is 12.6. The Labute approximate surface area is 107 Å². The van der Waals surface area contributed by atoms with E-state index in [2.05, 4.69) is 5.32 Å². The van der Waals surface area contributed by atoms with Crippen molar-refractivity contribution >= 4 is 5.91 Å². The zero-order valence-corrected chi connectivity index (χ0v) is 10.9. The van der Waals surface area contributed by atoms with Gasteiger partial charge in [-0.1, -0.05) is 13.8 Å². The number of hydrogen-bond donors (Lipinski definition) is 2. The molecule has 2 N–H and O–H groups in total. The standard InChI is InChI=1S/C14H19NO3/c1-14(2)11(8-12(14)16)15-13(17)9-4-6-10(18-3)7-5-9/h4-7,11-12,16H,8H2,1-3H3,(H,15,17). The van der Waals surface area contributed by atoms with Crippen molar-refractivity contribution in [2.75, 3.05) is 7.11 Å². The fourth-order valence-electron chi connectivity index (χ4n) is 2.13. The van der Waals surface area contributed by atoms with Crippen molar-refractivity contribution in [3.8, 4) is 5.75 Å². The van der Waals surface area contributed by atoms with Crippen LogP contribution in [0.4, 0.5) is 0 Å². The average Bonchev–Trinajstić information content (AvgIpc) is 2.38. The molecule has 1 aromatic rings. The number of aliphatic hydroxyl groups is 1. The fourth-order valence-corrected chi connectivity index (χ4v) is 2.13. The Hall–Kier alpha value is -1.55. The summed E-state index contributed by atoms with van der Waals surface area (Å²) in [6.45, 7) is 3.92.